The van der Waals surface area contributed by atoms with Gasteiger partial charge in [-0.2, -0.15) is 0 Å². The summed E-state index contributed by atoms with van der Waals surface area (Å²) < 4.78 is 13.4. The van der Waals surface area contributed by atoms with Crippen LogP contribution in [0.5, 0.6) is 5.75 Å². The topological polar surface area (TPSA) is 52.5 Å². The summed E-state index contributed by atoms with van der Waals surface area (Å²) >= 11 is 0. The van der Waals surface area contributed by atoms with Gasteiger partial charge in [0.2, 0.25) is 0 Å². The monoisotopic (exact) mass is 227 g/mol. The van der Waals surface area contributed by atoms with E-state index in [4.69, 9.17) is 5.11 Å². The number of aliphatic hydroxyl groups excluding tert-OH is 1. The van der Waals surface area contributed by atoms with Crippen LogP contribution in [0.3, 0.4) is 0 Å². The zero-order valence-electron chi connectivity index (χ0n) is 9.41. The van der Waals surface area contributed by atoms with Crippen LogP contribution in [-0.2, 0) is 0 Å². The molecule has 0 saturated carbocycles. The number of unbranched alkanes of at least 4 members (excludes halogenated alkanes) is 1. The van der Waals surface area contributed by atoms with Crippen molar-refractivity contribution in [3.8, 4) is 5.75 Å². The Hall–Kier alpha value is -1.13. The molecule has 0 aliphatic carbocycles. The molecule has 0 radical (unpaired) electrons. The van der Waals surface area contributed by atoms with Gasteiger partial charge in [-0.1, -0.05) is 25.5 Å². The molecule has 1 rings (SSSR count). The molecule has 3 nitrogen and oxygen atoms in total. The van der Waals surface area contributed by atoms with E-state index in [0.29, 0.717) is 6.54 Å². The number of benzene rings is 1. The van der Waals surface area contributed by atoms with Crippen LogP contribution >= 0.6 is 0 Å². The van der Waals surface area contributed by atoms with Gasteiger partial charge in [-0.25, -0.2) is 4.39 Å². The predicted octanol–water partition coefficient (Wildman–Crippen LogP) is 1.95. The van der Waals surface area contributed by atoms with Crippen molar-refractivity contribution in [1.82, 2.24) is 5.32 Å². The van der Waals surface area contributed by atoms with Crippen molar-refractivity contribution < 1.29 is 14.6 Å². The number of aliphatic hydroxyl groups is 1. The first-order valence-electron chi connectivity index (χ1n) is 5.53. The van der Waals surface area contributed by atoms with Gasteiger partial charge in [0.15, 0.2) is 11.6 Å². The number of nitrogens with one attached hydrogen (secondary N) is 1. The average Bonchev–Trinajstić information content (AvgIpc) is 2.28. The highest BCUT2D eigenvalue weighted by molar-refractivity contribution is 5.31. The lowest BCUT2D eigenvalue weighted by atomic mass is 10.1. The summed E-state index contributed by atoms with van der Waals surface area (Å²) in [4.78, 5) is 0. The van der Waals surface area contributed by atoms with E-state index in [-0.39, 0.29) is 5.56 Å². The summed E-state index contributed by atoms with van der Waals surface area (Å²) in [5.74, 6) is -1.17. The van der Waals surface area contributed by atoms with Gasteiger partial charge in [-0.3, -0.25) is 0 Å². The number of aromatic hydroxyl groups is 1. The van der Waals surface area contributed by atoms with Crippen molar-refractivity contribution in [1.29, 1.82) is 0 Å². The van der Waals surface area contributed by atoms with Crippen LogP contribution < -0.4 is 5.32 Å². The van der Waals surface area contributed by atoms with Crippen LogP contribution in [0.25, 0.3) is 0 Å². The van der Waals surface area contributed by atoms with Gasteiger partial charge in [0, 0.05) is 12.1 Å². The molecule has 0 aromatic heterocycles. The van der Waals surface area contributed by atoms with Gasteiger partial charge in [0.25, 0.3) is 0 Å². The minimum Gasteiger partial charge on any atom is -0.505 e. The van der Waals surface area contributed by atoms with Gasteiger partial charge in [0.05, 0.1) is 6.10 Å². The fraction of sp³-hybridized carbons (Fsp3) is 0.500. The van der Waals surface area contributed by atoms with Crippen molar-refractivity contribution in [3.63, 3.8) is 0 Å². The Labute approximate surface area is 94.9 Å². The van der Waals surface area contributed by atoms with E-state index < -0.39 is 17.7 Å². The van der Waals surface area contributed by atoms with E-state index in [1.165, 1.54) is 18.2 Å². The highest BCUT2D eigenvalue weighted by Crippen LogP contribution is 2.23. The molecule has 0 bridgehead atoms. The fourth-order valence-electron chi connectivity index (χ4n) is 1.45. The summed E-state index contributed by atoms with van der Waals surface area (Å²) in [6, 6.07) is 4.25. The Morgan fingerprint density at radius 3 is 2.88 bits per heavy atom. The molecule has 0 amide bonds. The molecule has 0 spiro atoms. The number of rotatable bonds is 6. The maximum absolute atomic E-state index is 13.4. The second-order valence-corrected chi connectivity index (χ2v) is 3.75. The Balaban J connectivity index is 2.52. The molecule has 1 aromatic carbocycles. The average molecular weight is 227 g/mol. The minimum absolute atomic E-state index is 0.129. The standard InChI is InChI=1S/C12H18FNO2/c1-2-3-7-14-8-11(16)9-5-4-6-10(15)12(9)13/h4-6,11,14-16H,2-3,7-8H2,1H3. The fourth-order valence-corrected chi connectivity index (χ4v) is 1.45. The quantitative estimate of drug-likeness (QED) is 0.651. The van der Waals surface area contributed by atoms with E-state index in [1.807, 2.05) is 0 Å². The summed E-state index contributed by atoms with van der Waals surface area (Å²) in [5, 5.41) is 21.9. The first-order valence-corrected chi connectivity index (χ1v) is 5.53. The van der Waals surface area contributed by atoms with Crippen LogP contribution in [0.15, 0.2) is 18.2 Å². The smallest absolute Gasteiger partial charge is 0.170 e. The maximum atomic E-state index is 13.4. The summed E-state index contributed by atoms with van der Waals surface area (Å²) in [6.45, 7) is 3.17. The third-order valence-electron chi connectivity index (χ3n) is 2.41. The molecule has 0 aliphatic heterocycles. The van der Waals surface area contributed by atoms with Gasteiger partial charge in [-0.05, 0) is 19.0 Å². The molecule has 0 saturated heterocycles. The Morgan fingerprint density at radius 1 is 1.44 bits per heavy atom. The van der Waals surface area contributed by atoms with Gasteiger partial charge < -0.3 is 15.5 Å². The highest BCUT2D eigenvalue weighted by Gasteiger charge is 2.14. The molecular weight excluding hydrogens is 209 g/mol. The van der Waals surface area contributed by atoms with Gasteiger partial charge in [-0.15, -0.1) is 0 Å². The highest BCUT2D eigenvalue weighted by atomic mass is 19.1. The van der Waals surface area contributed by atoms with Crippen LogP contribution in [0.2, 0.25) is 0 Å². The Bertz CT molecular complexity index is 331. The largest absolute Gasteiger partial charge is 0.505 e. The van der Waals surface area contributed by atoms with E-state index in [1.54, 1.807) is 0 Å². The van der Waals surface area contributed by atoms with Gasteiger partial charge in [0.1, 0.15) is 0 Å². The van der Waals surface area contributed by atoms with Crippen molar-refractivity contribution >= 4 is 0 Å². The number of phenolic OH excluding ortho intramolecular Hbond substituents is 1. The second-order valence-electron chi connectivity index (χ2n) is 3.75. The lowest BCUT2D eigenvalue weighted by molar-refractivity contribution is 0.169. The molecular formula is C12H18FNO2. The van der Waals surface area contributed by atoms with Crippen LogP contribution in [0.1, 0.15) is 31.4 Å². The van der Waals surface area contributed by atoms with Crippen LogP contribution in [-0.4, -0.2) is 23.3 Å². The van der Waals surface area contributed by atoms with E-state index in [9.17, 15) is 9.50 Å². The molecule has 3 N–H and O–H groups in total. The Kier molecular flexibility index (Phi) is 5.22. The summed E-state index contributed by atoms with van der Waals surface area (Å²) in [5.41, 5.74) is 0.129. The first kappa shape index (κ1) is 12.9. The molecule has 1 aromatic rings. The van der Waals surface area contributed by atoms with Crippen molar-refractivity contribution in [2.75, 3.05) is 13.1 Å². The molecule has 1 atom stereocenters. The molecule has 4 heteroatoms. The maximum Gasteiger partial charge on any atom is 0.170 e. The number of phenols is 1. The van der Waals surface area contributed by atoms with Crippen LogP contribution in [0, 0.1) is 5.82 Å². The van der Waals surface area contributed by atoms with Crippen molar-refractivity contribution in [3.05, 3.63) is 29.6 Å². The van der Waals surface area contributed by atoms with E-state index in [0.717, 1.165) is 19.4 Å². The van der Waals surface area contributed by atoms with Crippen molar-refractivity contribution in [2.45, 2.75) is 25.9 Å². The van der Waals surface area contributed by atoms with Crippen molar-refractivity contribution in [2.24, 2.45) is 0 Å². The molecule has 16 heavy (non-hydrogen) atoms. The number of hydrogen-bond acceptors (Lipinski definition) is 3. The molecule has 0 fully saturated rings. The zero-order valence-corrected chi connectivity index (χ0v) is 9.41. The zero-order chi connectivity index (χ0) is 12.0. The summed E-state index contributed by atoms with van der Waals surface area (Å²) in [6.07, 6.45) is 1.17. The summed E-state index contributed by atoms with van der Waals surface area (Å²) in [7, 11) is 0. The molecule has 90 valence electrons. The van der Waals surface area contributed by atoms with E-state index >= 15 is 0 Å². The number of hydrogen-bond donors (Lipinski definition) is 3. The van der Waals surface area contributed by atoms with Gasteiger partial charge >= 0.3 is 0 Å². The molecule has 0 aliphatic rings. The Morgan fingerprint density at radius 2 is 2.19 bits per heavy atom. The lowest BCUT2D eigenvalue weighted by Gasteiger charge is -2.13. The third kappa shape index (κ3) is 3.47. The predicted molar refractivity (Wildman–Crippen MR) is 60.8 cm³/mol. The number of halogens is 1. The minimum atomic E-state index is -0.927. The SMILES string of the molecule is CCCCNCC(O)c1cccc(O)c1F. The lowest BCUT2D eigenvalue weighted by Crippen LogP contribution is -2.23. The normalized spacial score (nSPS) is 12.7. The molecule has 0 heterocycles. The second kappa shape index (κ2) is 6.45. The third-order valence-corrected chi connectivity index (χ3v) is 2.41. The van der Waals surface area contributed by atoms with Crippen LogP contribution in [0.4, 0.5) is 4.39 Å². The first-order chi connectivity index (χ1) is 7.66. The molecule has 1 unspecified atom stereocenters. The van der Waals surface area contributed by atoms with E-state index in [2.05, 4.69) is 12.2 Å².